The lowest BCUT2D eigenvalue weighted by Gasteiger charge is -2.22. The monoisotopic (exact) mass is 249 g/mol. The Morgan fingerprint density at radius 3 is 3.29 bits per heavy atom. The molecule has 17 heavy (non-hydrogen) atoms. The van der Waals surface area contributed by atoms with Gasteiger partial charge in [0.2, 0.25) is 0 Å². The quantitative estimate of drug-likeness (QED) is 0.870. The van der Waals surface area contributed by atoms with Crippen molar-refractivity contribution in [3.63, 3.8) is 0 Å². The smallest absolute Gasteiger partial charge is 0.0976 e. The third-order valence-corrected chi connectivity index (χ3v) is 3.70. The van der Waals surface area contributed by atoms with Gasteiger partial charge in [-0.15, -0.1) is 11.3 Å². The van der Waals surface area contributed by atoms with E-state index in [2.05, 4.69) is 20.7 Å². The molecule has 0 aromatic carbocycles. The number of morpholine rings is 1. The fourth-order valence-corrected chi connectivity index (χ4v) is 2.82. The molecule has 0 radical (unpaired) electrons. The summed E-state index contributed by atoms with van der Waals surface area (Å²) in [5.41, 5.74) is 2.11. The number of nitrogens with one attached hydrogen (secondary N) is 2. The molecule has 0 aliphatic carbocycles. The Kier molecular flexibility index (Phi) is 3.22. The number of H-pyrrole nitrogens is 1. The van der Waals surface area contributed by atoms with E-state index in [1.807, 2.05) is 18.3 Å². The summed E-state index contributed by atoms with van der Waals surface area (Å²) >= 11 is 1.70. The van der Waals surface area contributed by atoms with Crippen molar-refractivity contribution in [2.24, 2.45) is 0 Å². The van der Waals surface area contributed by atoms with Gasteiger partial charge in [0.1, 0.15) is 0 Å². The minimum Gasteiger partial charge on any atom is -0.375 e. The first-order valence-corrected chi connectivity index (χ1v) is 6.70. The Bertz CT molecular complexity index is 460. The summed E-state index contributed by atoms with van der Waals surface area (Å²) in [5, 5.41) is 6.57. The van der Waals surface area contributed by atoms with Gasteiger partial charge >= 0.3 is 0 Å². The highest BCUT2D eigenvalue weighted by Gasteiger charge is 2.16. The number of hydrogen-bond acceptors (Lipinski definition) is 4. The first-order valence-electron chi connectivity index (χ1n) is 5.82. The van der Waals surface area contributed by atoms with Gasteiger partial charge in [0.15, 0.2) is 0 Å². The van der Waals surface area contributed by atoms with Crippen molar-refractivity contribution < 1.29 is 4.74 Å². The molecule has 3 heterocycles. The average Bonchev–Trinajstić information content (AvgIpc) is 3.00. The topological polar surface area (TPSA) is 49.9 Å². The first-order chi connectivity index (χ1) is 8.42. The van der Waals surface area contributed by atoms with Gasteiger partial charge in [0.25, 0.3) is 0 Å². The molecule has 1 atom stereocenters. The van der Waals surface area contributed by atoms with Gasteiger partial charge in [-0.2, -0.15) is 0 Å². The number of aromatic amines is 1. The van der Waals surface area contributed by atoms with Gasteiger partial charge in [0, 0.05) is 31.1 Å². The Hall–Kier alpha value is -1.17. The molecule has 0 bridgehead atoms. The molecule has 0 amide bonds. The molecule has 1 saturated heterocycles. The number of thiazole rings is 1. The third-order valence-electron chi connectivity index (χ3n) is 2.83. The maximum absolute atomic E-state index is 5.68. The van der Waals surface area contributed by atoms with Crippen LogP contribution in [0, 0.1) is 0 Å². The van der Waals surface area contributed by atoms with Crippen molar-refractivity contribution in [3.05, 3.63) is 28.7 Å². The molecular formula is C12H15N3OS. The van der Waals surface area contributed by atoms with E-state index in [4.69, 9.17) is 4.74 Å². The average molecular weight is 249 g/mol. The second kappa shape index (κ2) is 5.00. The molecule has 1 fully saturated rings. The van der Waals surface area contributed by atoms with Crippen LogP contribution in [-0.4, -0.2) is 35.8 Å². The fraction of sp³-hybridized carbons (Fsp3) is 0.417. The maximum Gasteiger partial charge on any atom is 0.0976 e. The molecule has 5 heteroatoms. The van der Waals surface area contributed by atoms with E-state index in [1.165, 1.54) is 0 Å². The Morgan fingerprint density at radius 2 is 2.53 bits per heavy atom. The zero-order valence-electron chi connectivity index (χ0n) is 9.48. The van der Waals surface area contributed by atoms with Crippen LogP contribution in [0.4, 0.5) is 0 Å². The standard InChI is InChI=1S/C12H15N3OS/c1-2-10(14-3-1)11-8-17-12(15-11)6-9-7-13-4-5-16-9/h1-3,8-9,13-14H,4-7H2. The lowest BCUT2D eigenvalue weighted by atomic mass is 10.2. The van der Waals surface area contributed by atoms with E-state index < -0.39 is 0 Å². The minimum atomic E-state index is 0.270. The fourth-order valence-electron chi connectivity index (χ4n) is 1.96. The highest BCUT2D eigenvalue weighted by molar-refractivity contribution is 7.09. The van der Waals surface area contributed by atoms with Gasteiger partial charge in [-0.1, -0.05) is 0 Å². The molecule has 0 saturated carbocycles. The summed E-state index contributed by atoms with van der Waals surface area (Å²) in [6.45, 7) is 2.69. The van der Waals surface area contributed by atoms with Gasteiger partial charge in [-0.05, 0) is 12.1 Å². The van der Waals surface area contributed by atoms with Gasteiger partial charge in [-0.3, -0.25) is 0 Å². The second-order valence-electron chi connectivity index (χ2n) is 4.11. The summed E-state index contributed by atoms with van der Waals surface area (Å²) in [6.07, 6.45) is 3.09. The Balaban J connectivity index is 1.68. The third kappa shape index (κ3) is 2.57. The summed E-state index contributed by atoms with van der Waals surface area (Å²) in [6, 6.07) is 4.03. The van der Waals surface area contributed by atoms with Gasteiger partial charge in [-0.25, -0.2) is 4.98 Å². The molecule has 1 aliphatic heterocycles. The minimum absolute atomic E-state index is 0.270. The SMILES string of the molecule is c1c[nH]c(-c2csc(CC3CNCCO3)n2)c1. The van der Waals surface area contributed by atoms with E-state index in [-0.39, 0.29) is 6.10 Å². The molecule has 1 aliphatic rings. The van der Waals surface area contributed by atoms with Crippen LogP contribution in [0.15, 0.2) is 23.7 Å². The lowest BCUT2D eigenvalue weighted by molar-refractivity contribution is 0.0292. The van der Waals surface area contributed by atoms with Crippen molar-refractivity contribution in [1.82, 2.24) is 15.3 Å². The van der Waals surface area contributed by atoms with Gasteiger partial charge in [0.05, 0.1) is 29.1 Å². The van der Waals surface area contributed by atoms with E-state index >= 15 is 0 Å². The Morgan fingerprint density at radius 1 is 1.53 bits per heavy atom. The molecular weight excluding hydrogens is 234 g/mol. The highest BCUT2D eigenvalue weighted by Crippen LogP contribution is 2.21. The molecule has 0 spiro atoms. The van der Waals surface area contributed by atoms with Crippen molar-refractivity contribution >= 4 is 11.3 Å². The normalized spacial score (nSPS) is 20.6. The summed E-state index contributed by atoms with van der Waals surface area (Å²) < 4.78 is 5.68. The van der Waals surface area contributed by atoms with Crippen LogP contribution in [0.3, 0.4) is 0 Å². The van der Waals surface area contributed by atoms with Crippen LogP contribution in [0.2, 0.25) is 0 Å². The summed E-state index contributed by atoms with van der Waals surface area (Å²) in [5.74, 6) is 0. The van der Waals surface area contributed by atoms with E-state index in [9.17, 15) is 0 Å². The van der Waals surface area contributed by atoms with Crippen molar-refractivity contribution in [3.8, 4) is 11.4 Å². The van der Waals surface area contributed by atoms with Crippen LogP contribution in [0.5, 0.6) is 0 Å². The Labute approximate surface area is 104 Å². The largest absolute Gasteiger partial charge is 0.375 e. The molecule has 4 nitrogen and oxygen atoms in total. The van der Waals surface area contributed by atoms with E-state index in [0.29, 0.717) is 0 Å². The first kappa shape index (κ1) is 11.0. The lowest BCUT2D eigenvalue weighted by Crippen LogP contribution is -2.39. The van der Waals surface area contributed by atoms with Crippen LogP contribution in [-0.2, 0) is 11.2 Å². The predicted octanol–water partition coefficient (Wildman–Crippen LogP) is 1.67. The van der Waals surface area contributed by atoms with Crippen LogP contribution < -0.4 is 5.32 Å². The molecule has 90 valence electrons. The van der Waals surface area contributed by atoms with Crippen LogP contribution in [0.25, 0.3) is 11.4 Å². The number of nitrogens with zero attached hydrogens (tertiary/aromatic N) is 1. The highest BCUT2D eigenvalue weighted by atomic mass is 32.1. The predicted molar refractivity (Wildman–Crippen MR) is 68.2 cm³/mol. The van der Waals surface area contributed by atoms with E-state index in [1.54, 1.807) is 11.3 Å². The number of ether oxygens (including phenoxy) is 1. The number of rotatable bonds is 3. The number of hydrogen-bond donors (Lipinski definition) is 2. The summed E-state index contributed by atoms with van der Waals surface area (Å²) in [7, 11) is 0. The molecule has 1 unspecified atom stereocenters. The van der Waals surface area contributed by atoms with Crippen molar-refractivity contribution in [1.29, 1.82) is 0 Å². The van der Waals surface area contributed by atoms with Crippen LogP contribution in [0.1, 0.15) is 5.01 Å². The molecule has 2 aromatic heterocycles. The van der Waals surface area contributed by atoms with Gasteiger partial charge < -0.3 is 15.0 Å². The molecule has 2 aromatic rings. The maximum atomic E-state index is 5.68. The van der Waals surface area contributed by atoms with Crippen molar-refractivity contribution in [2.45, 2.75) is 12.5 Å². The number of aromatic nitrogens is 2. The molecule has 2 N–H and O–H groups in total. The second-order valence-corrected chi connectivity index (χ2v) is 5.05. The zero-order valence-corrected chi connectivity index (χ0v) is 10.3. The van der Waals surface area contributed by atoms with Crippen molar-refractivity contribution in [2.75, 3.05) is 19.7 Å². The zero-order chi connectivity index (χ0) is 11.5. The van der Waals surface area contributed by atoms with E-state index in [0.717, 1.165) is 42.5 Å². The summed E-state index contributed by atoms with van der Waals surface area (Å²) in [4.78, 5) is 7.80. The molecule has 3 rings (SSSR count). The van der Waals surface area contributed by atoms with Crippen LogP contribution >= 0.6 is 11.3 Å².